The second-order valence-electron chi connectivity index (χ2n) is 6.18. The SMILES string of the molecule is O=C(NC1(c2ccc(Cl)cc2)CCC1)c1ccccc1-c1nn[nH]n1. The highest BCUT2D eigenvalue weighted by molar-refractivity contribution is 6.30. The molecule has 2 aromatic carbocycles. The highest BCUT2D eigenvalue weighted by Gasteiger charge is 2.40. The fourth-order valence-corrected chi connectivity index (χ4v) is 3.35. The van der Waals surface area contributed by atoms with Crippen molar-refractivity contribution < 1.29 is 4.79 Å². The Kier molecular flexibility index (Phi) is 3.97. The van der Waals surface area contributed by atoms with Crippen LogP contribution in [0.3, 0.4) is 0 Å². The zero-order valence-electron chi connectivity index (χ0n) is 13.4. The number of carbonyl (C=O) groups is 1. The van der Waals surface area contributed by atoms with Crippen molar-refractivity contribution >= 4 is 17.5 Å². The number of halogens is 1. The lowest BCUT2D eigenvalue weighted by molar-refractivity contribution is 0.0824. The van der Waals surface area contributed by atoms with Crippen LogP contribution in [-0.2, 0) is 5.54 Å². The van der Waals surface area contributed by atoms with Crippen molar-refractivity contribution in [3.8, 4) is 11.4 Å². The molecule has 6 nitrogen and oxygen atoms in total. The van der Waals surface area contributed by atoms with Crippen molar-refractivity contribution in [2.24, 2.45) is 0 Å². The van der Waals surface area contributed by atoms with Gasteiger partial charge in [0.1, 0.15) is 0 Å². The third-order valence-electron chi connectivity index (χ3n) is 4.71. The molecular weight excluding hydrogens is 338 g/mol. The first-order valence-electron chi connectivity index (χ1n) is 8.09. The molecule has 0 bridgehead atoms. The number of nitrogens with one attached hydrogen (secondary N) is 2. The van der Waals surface area contributed by atoms with Crippen molar-refractivity contribution in [3.63, 3.8) is 0 Å². The topological polar surface area (TPSA) is 83.6 Å². The van der Waals surface area contributed by atoms with E-state index >= 15 is 0 Å². The minimum Gasteiger partial charge on any atom is -0.343 e. The van der Waals surface area contributed by atoms with Gasteiger partial charge in [0.15, 0.2) is 0 Å². The summed E-state index contributed by atoms with van der Waals surface area (Å²) >= 11 is 5.99. The number of nitrogens with zero attached hydrogens (tertiary/aromatic N) is 3. The number of aromatic amines is 1. The van der Waals surface area contributed by atoms with Gasteiger partial charge < -0.3 is 5.32 Å². The highest BCUT2D eigenvalue weighted by atomic mass is 35.5. The first kappa shape index (κ1) is 15.8. The van der Waals surface area contributed by atoms with Crippen molar-refractivity contribution in [3.05, 3.63) is 64.7 Å². The van der Waals surface area contributed by atoms with Gasteiger partial charge in [-0.05, 0) is 48.2 Å². The summed E-state index contributed by atoms with van der Waals surface area (Å²) in [6, 6.07) is 14.9. The normalized spacial score (nSPS) is 15.4. The van der Waals surface area contributed by atoms with Gasteiger partial charge in [-0.3, -0.25) is 4.79 Å². The molecule has 0 aliphatic heterocycles. The van der Waals surface area contributed by atoms with Crippen LogP contribution in [0.2, 0.25) is 5.02 Å². The third kappa shape index (κ3) is 2.89. The monoisotopic (exact) mass is 353 g/mol. The summed E-state index contributed by atoms with van der Waals surface area (Å²) < 4.78 is 0. The largest absolute Gasteiger partial charge is 0.343 e. The van der Waals surface area contributed by atoms with E-state index in [-0.39, 0.29) is 11.4 Å². The quantitative estimate of drug-likeness (QED) is 0.753. The first-order chi connectivity index (χ1) is 12.2. The molecule has 1 fully saturated rings. The van der Waals surface area contributed by atoms with Gasteiger partial charge in [-0.2, -0.15) is 5.21 Å². The second kappa shape index (κ2) is 6.29. The Balaban J connectivity index is 1.65. The fraction of sp³-hybridized carbons (Fsp3) is 0.222. The number of H-pyrrole nitrogens is 1. The van der Waals surface area contributed by atoms with Crippen LogP contribution in [0.5, 0.6) is 0 Å². The standard InChI is InChI=1S/C18H16ClN5O/c19-13-8-6-12(7-9-13)18(10-3-11-18)20-17(25)15-5-2-1-4-14(15)16-21-23-24-22-16/h1-2,4-9H,3,10-11H2,(H,20,25)(H,21,22,23,24). The number of benzene rings is 2. The lowest BCUT2D eigenvalue weighted by atomic mass is 9.71. The Morgan fingerprint density at radius 1 is 1.12 bits per heavy atom. The Morgan fingerprint density at radius 3 is 2.52 bits per heavy atom. The summed E-state index contributed by atoms with van der Waals surface area (Å²) in [4.78, 5) is 13.0. The van der Waals surface area contributed by atoms with Crippen LogP contribution in [0.25, 0.3) is 11.4 Å². The number of aromatic nitrogens is 4. The smallest absolute Gasteiger partial charge is 0.252 e. The zero-order chi connectivity index (χ0) is 17.3. The minimum atomic E-state index is -0.341. The van der Waals surface area contributed by atoms with Gasteiger partial charge in [0.05, 0.1) is 11.1 Å². The Labute approximate surface area is 149 Å². The van der Waals surface area contributed by atoms with Crippen molar-refractivity contribution in [2.45, 2.75) is 24.8 Å². The summed E-state index contributed by atoms with van der Waals surface area (Å²) in [5.41, 5.74) is 1.92. The summed E-state index contributed by atoms with van der Waals surface area (Å²) in [6.07, 6.45) is 2.89. The molecule has 1 aliphatic rings. The molecule has 126 valence electrons. The molecule has 1 heterocycles. The summed E-state index contributed by atoms with van der Waals surface area (Å²) in [5.74, 6) is 0.259. The molecule has 1 aromatic heterocycles. The van der Waals surface area contributed by atoms with Gasteiger partial charge in [-0.25, -0.2) is 0 Å². The molecule has 0 atom stereocenters. The van der Waals surface area contributed by atoms with Crippen LogP contribution in [0.4, 0.5) is 0 Å². The average molecular weight is 354 g/mol. The van der Waals surface area contributed by atoms with E-state index < -0.39 is 0 Å². The van der Waals surface area contributed by atoms with E-state index in [1.165, 1.54) is 0 Å². The van der Waals surface area contributed by atoms with E-state index in [0.717, 1.165) is 24.8 Å². The average Bonchev–Trinajstić information content (AvgIpc) is 3.13. The van der Waals surface area contributed by atoms with Crippen molar-refractivity contribution in [1.82, 2.24) is 25.9 Å². The van der Waals surface area contributed by atoms with Gasteiger partial charge in [-0.15, -0.1) is 10.2 Å². The number of carbonyl (C=O) groups excluding carboxylic acids is 1. The molecule has 1 aliphatic carbocycles. The van der Waals surface area contributed by atoms with Gasteiger partial charge in [0.25, 0.3) is 5.91 Å². The van der Waals surface area contributed by atoms with Gasteiger partial charge in [0, 0.05) is 10.6 Å². The van der Waals surface area contributed by atoms with E-state index in [0.29, 0.717) is 22.0 Å². The minimum absolute atomic E-state index is 0.143. The summed E-state index contributed by atoms with van der Waals surface area (Å²) in [6.45, 7) is 0. The number of rotatable bonds is 4. The van der Waals surface area contributed by atoms with E-state index in [1.54, 1.807) is 6.07 Å². The van der Waals surface area contributed by atoms with Gasteiger partial charge in [-0.1, -0.05) is 41.9 Å². The molecule has 25 heavy (non-hydrogen) atoms. The lowest BCUT2D eigenvalue weighted by Crippen LogP contribution is -2.50. The molecule has 2 N–H and O–H groups in total. The zero-order valence-corrected chi connectivity index (χ0v) is 14.1. The third-order valence-corrected chi connectivity index (χ3v) is 4.97. The fourth-order valence-electron chi connectivity index (χ4n) is 3.22. The van der Waals surface area contributed by atoms with E-state index in [2.05, 4.69) is 25.9 Å². The highest BCUT2D eigenvalue weighted by Crippen LogP contribution is 2.42. The number of tetrazole rings is 1. The number of amides is 1. The molecule has 0 radical (unpaired) electrons. The second-order valence-corrected chi connectivity index (χ2v) is 6.61. The van der Waals surface area contributed by atoms with Crippen LogP contribution in [0.1, 0.15) is 35.2 Å². The Morgan fingerprint density at radius 2 is 1.88 bits per heavy atom. The van der Waals surface area contributed by atoms with Crippen molar-refractivity contribution in [2.75, 3.05) is 0 Å². The maximum Gasteiger partial charge on any atom is 0.252 e. The van der Waals surface area contributed by atoms with Crippen molar-refractivity contribution in [1.29, 1.82) is 0 Å². The van der Waals surface area contributed by atoms with Gasteiger partial charge >= 0.3 is 0 Å². The predicted octanol–water partition coefficient (Wildman–Crippen LogP) is 3.33. The molecule has 4 rings (SSSR count). The van der Waals surface area contributed by atoms with Crippen LogP contribution in [0, 0.1) is 0 Å². The maximum atomic E-state index is 13.0. The molecule has 3 aromatic rings. The Bertz CT molecular complexity index is 888. The summed E-state index contributed by atoms with van der Waals surface area (Å²) in [5, 5.41) is 17.9. The van der Waals surface area contributed by atoms with Crippen LogP contribution in [-0.4, -0.2) is 26.5 Å². The number of hydrogen-bond donors (Lipinski definition) is 2. The van der Waals surface area contributed by atoms with Crippen LogP contribution in [0.15, 0.2) is 48.5 Å². The summed E-state index contributed by atoms with van der Waals surface area (Å²) in [7, 11) is 0. The molecular formula is C18H16ClN5O. The molecule has 1 amide bonds. The molecule has 7 heteroatoms. The van der Waals surface area contributed by atoms with Crippen LogP contribution < -0.4 is 5.32 Å². The van der Waals surface area contributed by atoms with Gasteiger partial charge in [0.2, 0.25) is 5.82 Å². The lowest BCUT2D eigenvalue weighted by Gasteiger charge is -2.43. The van der Waals surface area contributed by atoms with E-state index in [9.17, 15) is 4.79 Å². The van der Waals surface area contributed by atoms with E-state index in [4.69, 9.17) is 11.6 Å². The first-order valence-corrected chi connectivity index (χ1v) is 8.47. The number of hydrogen-bond acceptors (Lipinski definition) is 4. The Hall–Kier alpha value is -2.73. The van der Waals surface area contributed by atoms with Crippen LogP contribution >= 0.6 is 11.6 Å². The predicted molar refractivity (Wildman–Crippen MR) is 94.1 cm³/mol. The molecule has 0 unspecified atom stereocenters. The maximum absolute atomic E-state index is 13.0. The molecule has 0 spiro atoms. The molecule has 1 saturated carbocycles. The van der Waals surface area contributed by atoms with E-state index in [1.807, 2.05) is 42.5 Å². The molecule has 0 saturated heterocycles.